The topological polar surface area (TPSA) is 44.4 Å². The van der Waals surface area contributed by atoms with E-state index >= 15 is 0 Å². The van der Waals surface area contributed by atoms with Gasteiger partial charge in [-0.2, -0.15) is 0 Å². The molecule has 1 heterocycles. The molecule has 1 fully saturated rings. The molecule has 0 aromatic carbocycles. The van der Waals surface area contributed by atoms with Gasteiger partial charge >= 0.3 is 0 Å². The zero-order valence-corrected chi connectivity index (χ0v) is 12.2. The van der Waals surface area contributed by atoms with E-state index in [1.54, 1.807) is 0 Å². The summed E-state index contributed by atoms with van der Waals surface area (Å²) in [5, 5.41) is 6.40. The number of piperidine rings is 1. The zero-order valence-electron chi connectivity index (χ0n) is 12.2. The van der Waals surface area contributed by atoms with Gasteiger partial charge in [0.05, 0.1) is 0 Å². The lowest BCUT2D eigenvalue weighted by atomic mass is 9.98. The molecule has 1 rings (SSSR count). The first-order chi connectivity index (χ1) is 8.61. The Morgan fingerprint density at radius 2 is 2.28 bits per heavy atom. The molecule has 1 aliphatic heterocycles. The monoisotopic (exact) mass is 255 g/mol. The first kappa shape index (κ1) is 15.4. The van der Waals surface area contributed by atoms with Crippen molar-refractivity contribution in [1.82, 2.24) is 15.5 Å². The van der Waals surface area contributed by atoms with Gasteiger partial charge in [-0.05, 0) is 52.2 Å². The number of carbonyl (C=O) groups is 1. The van der Waals surface area contributed by atoms with E-state index in [4.69, 9.17) is 0 Å². The second-order valence-electron chi connectivity index (χ2n) is 5.60. The average Bonchev–Trinajstić information content (AvgIpc) is 2.34. The number of carbonyl (C=O) groups excluding carboxylic acids is 1. The van der Waals surface area contributed by atoms with Crippen molar-refractivity contribution in [3.05, 3.63) is 0 Å². The van der Waals surface area contributed by atoms with Crippen LogP contribution in [0.25, 0.3) is 0 Å². The van der Waals surface area contributed by atoms with Crippen LogP contribution in [0.4, 0.5) is 0 Å². The minimum atomic E-state index is 0.164. The summed E-state index contributed by atoms with van der Waals surface area (Å²) in [5.74, 6) is 0.916. The van der Waals surface area contributed by atoms with E-state index < -0.39 is 0 Å². The summed E-state index contributed by atoms with van der Waals surface area (Å²) < 4.78 is 0. The minimum absolute atomic E-state index is 0.164. The average molecular weight is 255 g/mol. The fourth-order valence-electron chi connectivity index (χ4n) is 2.40. The molecule has 0 saturated carbocycles. The van der Waals surface area contributed by atoms with Crippen molar-refractivity contribution < 1.29 is 4.79 Å². The van der Waals surface area contributed by atoms with Gasteiger partial charge in [-0.1, -0.05) is 6.92 Å². The minimum Gasteiger partial charge on any atom is -0.354 e. The van der Waals surface area contributed by atoms with E-state index in [-0.39, 0.29) is 5.91 Å². The third-order valence-electron chi connectivity index (χ3n) is 3.70. The van der Waals surface area contributed by atoms with Gasteiger partial charge in [0.2, 0.25) is 5.91 Å². The molecule has 2 N–H and O–H groups in total. The highest BCUT2D eigenvalue weighted by molar-refractivity contribution is 5.76. The number of hydrogen-bond acceptors (Lipinski definition) is 3. The number of nitrogens with zero attached hydrogens (tertiary/aromatic N) is 1. The Morgan fingerprint density at radius 1 is 1.50 bits per heavy atom. The third kappa shape index (κ3) is 6.36. The predicted molar refractivity (Wildman–Crippen MR) is 75.6 cm³/mol. The van der Waals surface area contributed by atoms with Crippen LogP contribution in [0.2, 0.25) is 0 Å². The van der Waals surface area contributed by atoms with Crippen LogP contribution in [0.3, 0.4) is 0 Å². The molecular weight excluding hydrogens is 226 g/mol. The fourth-order valence-corrected chi connectivity index (χ4v) is 2.40. The SMILES string of the molecule is CCC(C)NC(=O)CCNCC1CCCN(C)C1. The molecule has 0 aromatic heterocycles. The first-order valence-corrected chi connectivity index (χ1v) is 7.30. The summed E-state index contributed by atoms with van der Waals surface area (Å²) in [6, 6.07) is 0.296. The normalized spacial score (nSPS) is 22.7. The van der Waals surface area contributed by atoms with Gasteiger partial charge in [-0.3, -0.25) is 4.79 Å². The summed E-state index contributed by atoms with van der Waals surface area (Å²) in [4.78, 5) is 14.0. The molecule has 0 aromatic rings. The summed E-state index contributed by atoms with van der Waals surface area (Å²) >= 11 is 0. The molecule has 18 heavy (non-hydrogen) atoms. The first-order valence-electron chi connectivity index (χ1n) is 7.30. The van der Waals surface area contributed by atoms with E-state index in [0.29, 0.717) is 12.5 Å². The van der Waals surface area contributed by atoms with Crippen LogP contribution in [-0.2, 0) is 4.79 Å². The molecule has 2 atom stereocenters. The highest BCUT2D eigenvalue weighted by atomic mass is 16.1. The second kappa shape index (κ2) is 8.48. The largest absolute Gasteiger partial charge is 0.354 e. The quantitative estimate of drug-likeness (QED) is 0.672. The Kier molecular flexibility index (Phi) is 7.28. The van der Waals surface area contributed by atoms with Crippen molar-refractivity contribution in [1.29, 1.82) is 0 Å². The van der Waals surface area contributed by atoms with Gasteiger partial charge in [0.25, 0.3) is 0 Å². The Morgan fingerprint density at radius 3 is 2.94 bits per heavy atom. The molecular formula is C14H29N3O. The second-order valence-corrected chi connectivity index (χ2v) is 5.60. The van der Waals surface area contributed by atoms with Gasteiger partial charge in [-0.15, -0.1) is 0 Å². The highest BCUT2D eigenvalue weighted by Crippen LogP contribution is 2.13. The van der Waals surface area contributed by atoms with Crippen LogP contribution < -0.4 is 10.6 Å². The van der Waals surface area contributed by atoms with Crippen LogP contribution in [0, 0.1) is 5.92 Å². The highest BCUT2D eigenvalue weighted by Gasteiger charge is 2.16. The molecule has 2 unspecified atom stereocenters. The zero-order chi connectivity index (χ0) is 13.4. The van der Waals surface area contributed by atoms with Gasteiger partial charge in [0, 0.05) is 25.6 Å². The maximum Gasteiger partial charge on any atom is 0.221 e. The molecule has 1 aliphatic rings. The Bertz CT molecular complexity index is 245. The molecule has 4 heteroatoms. The van der Waals surface area contributed by atoms with E-state index in [2.05, 4.69) is 29.5 Å². The molecule has 1 amide bonds. The fraction of sp³-hybridized carbons (Fsp3) is 0.929. The Balaban J connectivity index is 2.02. The van der Waals surface area contributed by atoms with Crippen molar-refractivity contribution >= 4 is 5.91 Å². The maximum atomic E-state index is 11.6. The lowest BCUT2D eigenvalue weighted by Crippen LogP contribution is -2.39. The van der Waals surface area contributed by atoms with Crippen LogP contribution >= 0.6 is 0 Å². The van der Waals surface area contributed by atoms with Gasteiger partial charge in [-0.25, -0.2) is 0 Å². The van der Waals surface area contributed by atoms with Gasteiger partial charge < -0.3 is 15.5 Å². The number of hydrogen-bond donors (Lipinski definition) is 2. The van der Waals surface area contributed by atoms with Crippen LogP contribution in [0.5, 0.6) is 0 Å². The predicted octanol–water partition coefficient (Wildman–Crippen LogP) is 1.22. The van der Waals surface area contributed by atoms with Crippen molar-refractivity contribution in [2.45, 2.75) is 45.6 Å². The molecule has 0 radical (unpaired) electrons. The van der Waals surface area contributed by atoms with E-state index in [0.717, 1.165) is 25.4 Å². The van der Waals surface area contributed by atoms with Crippen LogP contribution in [0.1, 0.15) is 39.5 Å². The number of amides is 1. The maximum absolute atomic E-state index is 11.6. The summed E-state index contributed by atoms with van der Waals surface area (Å²) in [6.07, 6.45) is 4.20. The molecule has 106 valence electrons. The van der Waals surface area contributed by atoms with Crippen molar-refractivity contribution in [2.75, 3.05) is 33.2 Å². The molecule has 0 aliphatic carbocycles. The van der Waals surface area contributed by atoms with Crippen molar-refractivity contribution in [2.24, 2.45) is 5.92 Å². The molecule has 0 bridgehead atoms. The number of nitrogens with one attached hydrogen (secondary N) is 2. The Labute approximate surface area is 111 Å². The summed E-state index contributed by atoms with van der Waals surface area (Å²) in [6.45, 7) is 8.38. The van der Waals surface area contributed by atoms with Crippen molar-refractivity contribution in [3.8, 4) is 0 Å². The summed E-state index contributed by atoms with van der Waals surface area (Å²) in [5.41, 5.74) is 0. The molecule has 0 spiro atoms. The van der Waals surface area contributed by atoms with Crippen LogP contribution in [0.15, 0.2) is 0 Å². The lowest BCUT2D eigenvalue weighted by Gasteiger charge is -2.29. The third-order valence-corrected chi connectivity index (χ3v) is 3.70. The van der Waals surface area contributed by atoms with Crippen molar-refractivity contribution in [3.63, 3.8) is 0 Å². The smallest absolute Gasteiger partial charge is 0.221 e. The number of likely N-dealkylation sites (tertiary alicyclic amines) is 1. The van der Waals surface area contributed by atoms with Crippen LogP contribution in [-0.4, -0.2) is 50.1 Å². The summed E-state index contributed by atoms with van der Waals surface area (Å²) in [7, 11) is 2.19. The van der Waals surface area contributed by atoms with Gasteiger partial charge in [0.15, 0.2) is 0 Å². The standard InChI is InChI=1S/C14H29N3O/c1-4-12(2)16-14(18)7-8-15-10-13-6-5-9-17(3)11-13/h12-13,15H,4-11H2,1-3H3,(H,16,18). The molecule has 4 nitrogen and oxygen atoms in total. The number of rotatable bonds is 7. The van der Waals surface area contributed by atoms with E-state index in [1.807, 2.05) is 6.92 Å². The molecule has 1 saturated heterocycles. The Hall–Kier alpha value is -0.610. The van der Waals surface area contributed by atoms with Gasteiger partial charge in [0.1, 0.15) is 0 Å². The lowest BCUT2D eigenvalue weighted by molar-refractivity contribution is -0.121. The van der Waals surface area contributed by atoms with E-state index in [1.165, 1.54) is 25.9 Å². The van der Waals surface area contributed by atoms with E-state index in [9.17, 15) is 4.79 Å².